The van der Waals surface area contributed by atoms with Crippen LogP contribution in [-0.4, -0.2) is 41.1 Å². The first-order valence-electron chi connectivity index (χ1n) is 8.61. The topological polar surface area (TPSA) is 45.4 Å². The van der Waals surface area contributed by atoms with Crippen molar-refractivity contribution in [1.29, 1.82) is 0 Å². The molecule has 0 amide bonds. The highest BCUT2D eigenvalue weighted by atomic mass is 127. The number of imidazole rings is 1. The van der Waals surface area contributed by atoms with Crippen molar-refractivity contribution in [2.75, 3.05) is 20.6 Å². The SMILES string of the molecule is C=CCCCCCN(C)C(=NC)NCc1nccn1CC(C)C.I. The van der Waals surface area contributed by atoms with Gasteiger partial charge in [0.2, 0.25) is 0 Å². The Morgan fingerprint density at radius 1 is 1.42 bits per heavy atom. The van der Waals surface area contributed by atoms with Crippen molar-refractivity contribution in [3.8, 4) is 0 Å². The fourth-order valence-corrected chi connectivity index (χ4v) is 2.53. The van der Waals surface area contributed by atoms with Crippen LogP contribution in [-0.2, 0) is 13.1 Å². The molecule has 0 aliphatic carbocycles. The van der Waals surface area contributed by atoms with Crippen LogP contribution in [0.2, 0.25) is 0 Å². The van der Waals surface area contributed by atoms with Crippen molar-refractivity contribution in [3.63, 3.8) is 0 Å². The number of aromatic nitrogens is 2. The Morgan fingerprint density at radius 3 is 2.79 bits per heavy atom. The third kappa shape index (κ3) is 8.70. The van der Waals surface area contributed by atoms with E-state index in [1.165, 1.54) is 19.3 Å². The minimum atomic E-state index is 0. The van der Waals surface area contributed by atoms with E-state index in [0.29, 0.717) is 12.5 Å². The number of allylic oxidation sites excluding steroid dienone is 1. The molecular weight excluding hydrogens is 413 g/mol. The maximum absolute atomic E-state index is 4.45. The largest absolute Gasteiger partial charge is 0.349 e. The van der Waals surface area contributed by atoms with E-state index in [2.05, 4.69) is 52.2 Å². The first-order chi connectivity index (χ1) is 11.1. The van der Waals surface area contributed by atoms with Crippen molar-refractivity contribution in [2.24, 2.45) is 10.9 Å². The molecule has 1 aromatic heterocycles. The van der Waals surface area contributed by atoms with Gasteiger partial charge in [0.1, 0.15) is 5.82 Å². The summed E-state index contributed by atoms with van der Waals surface area (Å²) in [5.41, 5.74) is 0. The second kappa shape index (κ2) is 13.3. The van der Waals surface area contributed by atoms with Crippen LogP contribution in [0.5, 0.6) is 0 Å². The van der Waals surface area contributed by atoms with E-state index >= 15 is 0 Å². The summed E-state index contributed by atoms with van der Waals surface area (Å²) in [5.74, 6) is 2.59. The van der Waals surface area contributed by atoms with Gasteiger partial charge in [0.15, 0.2) is 5.96 Å². The highest BCUT2D eigenvalue weighted by molar-refractivity contribution is 14.0. The van der Waals surface area contributed by atoms with E-state index < -0.39 is 0 Å². The number of unbranched alkanes of at least 4 members (excludes halogenated alkanes) is 3. The summed E-state index contributed by atoms with van der Waals surface area (Å²) in [4.78, 5) is 11.0. The Kier molecular flexibility index (Phi) is 12.7. The number of rotatable bonds is 10. The zero-order valence-electron chi connectivity index (χ0n) is 15.7. The predicted octanol–water partition coefficient (Wildman–Crippen LogP) is 3.91. The van der Waals surface area contributed by atoms with Gasteiger partial charge in [-0.15, -0.1) is 30.6 Å². The van der Waals surface area contributed by atoms with Crippen LogP contribution < -0.4 is 5.32 Å². The lowest BCUT2D eigenvalue weighted by Gasteiger charge is -2.22. The average molecular weight is 447 g/mol. The van der Waals surface area contributed by atoms with E-state index in [-0.39, 0.29) is 24.0 Å². The highest BCUT2D eigenvalue weighted by Crippen LogP contribution is 2.04. The van der Waals surface area contributed by atoms with Gasteiger partial charge >= 0.3 is 0 Å². The summed E-state index contributed by atoms with van der Waals surface area (Å²) < 4.78 is 2.21. The lowest BCUT2D eigenvalue weighted by molar-refractivity contribution is 0.450. The molecule has 24 heavy (non-hydrogen) atoms. The maximum Gasteiger partial charge on any atom is 0.193 e. The third-order valence-corrected chi connectivity index (χ3v) is 3.74. The number of hydrogen-bond donors (Lipinski definition) is 1. The average Bonchev–Trinajstić information content (AvgIpc) is 2.94. The van der Waals surface area contributed by atoms with Gasteiger partial charge in [0.25, 0.3) is 0 Å². The summed E-state index contributed by atoms with van der Waals surface area (Å²) in [6, 6.07) is 0. The first kappa shape index (κ1) is 22.9. The predicted molar refractivity (Wildman–Crippen MR) is 114 cm³/mol. The maximum atomic E-state index is 4.45. The lowest BCUT2D eigenvalue weighted by atomic mass is 10.2. The summed E-state index contributed by atoms with van der Waals surface area (Å²) in [7, 11) is 3.92. The molecule has 1 N–H and O–H groups in total. The molecule has 1 rings (SSSR count). The summed E-state index contributed by atoms with van der Waals surface area (Å²) in [6.45, 7) is 10.9. The number of hydrogen-bond acceptors (Lipinski definition) is 2. The van der Waals surface area contributed by atoms with Gasteiger partial charge in [0.05, 0.1) is 6.54 Å². The Labute approximate surface area is 164 Å². The molecule has 0 atom stereocenters. The van der Waals surface area contributed by atoms with Gasteiger partial charge in [-0.3, -0.25) is 4.99 Å². The van der Waals surface area contributed by atoms with Gasteiger partial charge < -0.3 is 14.8 Å². The monoisotopic (exact) mass is 447 g/mol. The first-order valence-corrected chi connectivity index (χ1v) is 8.61. The number of guanidine groups is 1. The molecule has 0 radical (unpaired) electrons. The van der Waals surface area contributed by atoms with Gasteiger partial charge in [-0.25, -0.2) is 4.98 Å². The molecule has 0 spiro atoms. The fourth-order valence-electron chi connectivity index (χ4n) is 2.53. The zero-order chi connectivity index (χ0) is 17.1. The molecule has 0 bridgehead atoms. The van der Waals surface area contributed by atoms with Crippen molar-refractivity contribution in [3.05, 3.63) is 30.9 Å². The van der Waals surface area contributed by atoms with Crippen LogP contribution in [0.25, 0.3) is 0 Å². The number of nitrogens with one attached hydrogen (secondary N) is 1. The van der Waals surface area contributed by atoms with Gasteiger partial charge in [-0.05, 0) is 25.2 Å². The Morgan fingerprint density at radius 2 is 2.17 bits per heavy atom. The Bertz CT molecular complexity index is 482. The van der Waals surface area contributed by atoms with Crippen LogP contribution in [0.15, 0.2) is 30.0 Å². The molecule has 0 saturated heterocycles. The molecule has 0 aromatic carbocycles. The molecule has 0 unspecified atom stereocenters. The third-order valence-electron chi connectivity index (χ3n) is 3.74. The van der Waals surface area contributed by atoms with E-state index in [9.17, 15) is 0 Å². The van der Waals surface area contributed by atoms with E-state index in [1.807, 2.05) is 25.5 Å². The van der Waals surface area contributed by atoms with Gasteiger partial charge in [-0.2, -0.15) is 0 Å². The van der Waals surface area contributed by atoms with E-state index in [0.717, 1.165) is 31.3 Å². The number of halogens is 1. The molecule has 1 heterocycles. The summed E-state index contributed by atoms with van der Waals surface area (Å²) in [6.07, 6.45) is 10.6. The molecule has 0 fully saturated rings. The van der Waals surface area contributed by atoms with Crippen molar-refractivity contribution in [1.82, 2.24) is 19.8 Å². The second-order valence-electron chi connectivity index (χ2n) is 6.35. The van der Waals surface area contributed by atoms with Crippen LogP contribution in [0, 0.1) is 5.92 Å². The fraction of sp³-hybridized carbons (Fsp3) is 0.667. The van der Waals surface area contributed by atoms with E-state index in [4.69, 9.17) is 0 Å². The Hall–Kier alpha value is -1.05. The molecule has 1 aromatic rings. The van der Waals surface area contributed by atoms with Gasteiger partial charge in [0, 0.05) is 39.6 Å². The lowest BCUT2D eigenvalue weighted by Crippen LogP contribution is -2.39. The second-order valence-corrected chi connectivity index (χ2v) is 6.35. The smallest absolute Gasteiger partial charge is 0.193 e. The van der Waals surface area contributed by atoms with Crippen LogP contribution >= 0.6 is 24.0 Å². The Balaban J connectivity index is 0.00000529. The van der Waals surface area contributed by atoms with Crippen LogP contribution in [0.1, 0.15) is 45.4 Å². The summed E-state index contributed by atoms with van der Waals surface area (Å²) >= 11 is 0. The molecule has 6 heteroatoms. The van der Waals surface area contributed by atoms with Crippen molar-refractivity contribution >= 4 is 29.9 Å². The number of nitrogens with zero attached hydrogens (tertiary/aromatic N) is 4. The minimum absolute atomic E-state index is 0. The highest BCUT2D eigenvalue weighted by Gasteiger charge is 2.08. The van der Waals surface area contributed by atoms with Crippen LogP contribution in [0.3, 0.4) is 0 Å². The summed E-state index contributed by atoms with van der Waals surface area (Å²) in [5, 5.41) is 3.41. The molecule has 0 aliphatic heterocycles. The molecule has 5 nitrogen and oxygen atoms in total. The van der Waals surface area contributed by atoms with Crippen molar-refractivity contribution in [2.45, 2.75) is 52.6 Å². The molecule has 0 saturated carbocycles. The normalized spacial score (nSPS) is 11.3. The minimum Gasteiger partial charge on any atom is -0.349 e. The zero-order valence-corrected chi connectivity index (χ0v) is 18.0. The molecule has 0 aliphatic rings. The van der Waals surface area contributed by atoms with Crippen molar-refractivity contribution < 1.29 is 0 Å². The molecular formula is C18H34IN5. The number of aliphatic imine (C=N–C) groups is 1. The van der Waals surface area contributed by atoms with Gasteiger partial charge in [-0.1, -0.05) is 26.3 Å². The van der Waals surface area contributed by atoms with E-state index in [1.54, 1.807) is 0 Å². The molecule has 138 valence electrons. The van der Waals surface area contributed by atoms with Crippen LogP contribution in [0.4, 0.5) is 0 Å². The standard InChI is InChI=1S/C18H33N5.HI/c1-6-7-8-9-10-12-22(5)18(19-4)21-14-17-20-11-13-23(17)15-16(2)3;/h6,11,13,16H,1,7-10,12,14-15H2,2-5H3,(H,19,21);1H. The quantitative estimate of drug-likeness (QED) is 0.195.